The molecule has 3 rings (SSSR count). The van der Waals surface area contributed by atoms with Gasteiger partial charge in [0.2, 0.25) is 0 Å². The summed E-state index contributed by atoms with van der Waals surface area (Å²) in [5.74, 6) is 0. The molecule has 0 unspecified atom stereocenters. The van der Waals surface area contributed by atoms with Gasteiger partial charge in [0, 0.05) is 17.7 Å². The highest BCUT2D eigenvalue weighted by atomic mass is 15.1. The molecular formula is C22H28N2. The van der Waals surface area contributed by atoms with E-state index in [-0.39, 0.29) is 0 Å². The Morgan fingerprint density at radius 2 is 1.38 bits per heavy atom. The molecule has 0 bridgehead atoms. The van der Waals surface area contributed by atoms with Gasteiger partial charge < -0.3 is 4.90 Å². The second kappa shape index (κ2) is 8.25. The molecule has 1 aliphatic carbocycles. The summed E-state index contributed by atoms with van der Waals surface area (Å²) in [6.07, 6.45) is 3.33. The maximum atomic E-state index is 5.06. The Hall–Kier alpha value is -1.93. The summed E-state index contributed by atoms with van der Waals surface area (Å²) in [6, 6.07) is 17.6. The predicted octanol–water partition coefficient (Wildman–Crippen LogP) is 4.35. The number of aryl methyl sites for hydroxylation is 2. The first-order chi connectivity index (χ1) is 11.8. The van der Waals surface area contributed by atoms with Crippen LogP contribution in [0.15, 0.2) is 53.5 Å². The van der Waals surface area contributed by atoms with E-state index >= 15 is 0 Å². The maximum Gasteiger partial charge on any atom is 0.0724 e. The largest absolute Gasteiger partial charge is 0.304 e. The molecule has 2 heteroatoms. The van der Waals surface area contributed by atoms with E-state index in [1.807, 2.05) is 0 Å². The summed E-state index contributed by atoms with van der Waals surface area (Å²) in [5, 5.41) is 0. The van der Waals surface area contributed by atoms with Gasteiger partial charge in [0.1, 0.15) is 0 Å². The van der Waals surface area contributed by atoms with Gasteiger partial charge in [-0.25, -0.2) is 0 Å². The molecule has 0 aromatic heterocycles. The molecule has 24 heavy (non-hydrogen) atoms. The van der Waals surface area contributed by atoms with Gasteiger partial charge in [0.05, 0.1) is 5.71 Å². The molecule has 0 atom stereocenters. The SMILES string of the molecule is CCN(CC)CCCN=C1c2ccccc2CCc2ccccc21. The third kappa shape index (κ3) is 3.76. The number of aliphatic imine (C=N–C) groups is 1. The number of nitrogens with zero attached hydrogens (tertiary/aromatic N) is 2. The minimum Gasteiger partial charge on any atom is -0.304 e. The van der Waals surface area contributed by atoms with Crippen molar-refractivity contribution >= 4 is 5.71 Å². The number of benzene rings is 2. The lowest BCUT2D eigenvalue weighted by Gasteiger charge is -2.17. The van der Waals surface area contributed by atoms with Crippen molar-refractivity contribution in [3.05, 3.63) is 70.8 Å². The zero-order valence-electron chi connectivity index (χ0n) is 15.0. The van der Waals surface area contributed by atoms with E-state index in [1.165, 1.54) is 28.0 Å². The fraction of sp³-hybridized carbons (Fsp3) is 0.409. The van der Waals surface area contributed by atoms with Crippen LogP contribution in [0.5, 0.6) is 0 Å². The van der Waals surface area contributed by atoms with Crippen molar-refractivity contribution < 1.29 is 0 Å². The van der Waals surface area contributed by atoms with E-state index in [9.17, 15) is 0 Å². The molecule has 0 aliphatic heterocycles. The van der Waals surface area contributed by atoms with Crippen molar-refractivity contribution in [1.29, 1.82) is 0 Å². The van der Waals surface area contributed by atoms with Crippen molar-refractivity contribution in [1.82, 2.24) is 4.90 Å². The van der Waals surface area contributed by atoms with E-state index in [0.717, 1.165) is 45.4 Å². The van der Waals surface area contributed by atoms with Crippen LogP contribution in [0.1, 0.15) is 42.5 Å². The van der Waals surface area contributed by atoms with Gasteiger partial charge in [-0.15, -0.1) is 0 Å². The molecule has 1 aliphatic rings. The monoisotopic (exact) mass is 320 g/mol. The molecule has 0 N–H and O–H groups in total. The molecular weight excluding hydrogens is 292 g/mol. The summed E-state index contributed by atoms with van der Waals surface area (Å²) in [4.78, 5) is 7.52. The van der Waals surface area contributed by atoms with Crippen LogP contribution in [-0.2, 0) is 12.8 Å². The Morgan fingerprint density at radius 1 is 0.833 bits per heavy atom. The number of hydrogen-bond acceptors (Lipinski definition) is 2. The van der Waals surface area contributed by atoms with E-state index < -0.39 is 0 Å². The zero-order valence-corrected chi connectivity index (χ0v) is 15.0. The fourth-order valence-electron chi connectivity index (χ4n) is 3.55. The van der Waals surface area contributed by atoms with Crippen molar-refractivity contribution in [3.63, 3.8) is 0 Å². The number of rotatable bonds is 6. The highest BCUT2D eigenvalue weighted by Crippen LogP contribution is 2.25. The zero-order chi connectivity index (χ0) is 16.8. The summed E-state index contributed by atoms with van der Waals surface area (Å²) < 4.78 is 0. The molecule has 2 aromatic rings. The van der Waals surface area contributed by atoms with Gasteiger partial charge in [-0.1, -0.05) is 62.4 Å². The first-order valence-electron chi connectivity index (χ1n) is 9.26. The second-order valence-corrected chi connectivity index (χ2v) is 6.43. The first kappa shape index (κ1) is 16.9. The van der Waals surface area contributed by atoms with Crippen LogP contribution in [-0.4, -0.2) is 36.8 Å². The van der Waals surface area contributed by atoms with Gasteiger partial charge >= 0.3 is 0 Å². The van der Waals surface area contributed by atoms with Gasteiger partial charge in [-0.3, -0.25) is 4.99 Å². The number of fused-ring (bicyclic) bond motifs is 2. The third-order valence-corrected chi connectivity index (χ3v) is 5.01. The van der Waals surface area contributed by atoms with Crippen molar-refractivity contribution in [3.8, 4) is 0 Å². The van der Waals surface area contributed by atoms with Gasteiger partial charge in [-0.05, 0) is 50.0 Å². The van der Waals surface area contributed by atoms with Crippen molar-refractivity contribution in [2.75, 3.05) is 26.2 Å². The Kier molecular flexibility index (Phi) is 5.81. The third-order valence-electron chi connectivity index (χ3n) is 5.01. The molecule has 0 amide bonds. The standard InChI is InChI=1S/C22H28N2/c1-3-24(4-2)17-9-16-23-22-20-12-7-5-10-18(20)14-15-19-11-6-8-13-21(19)22/h5-8,10-13H,3-4,9,14-17H2,1-2H3. The molecule has 126 valence electrons. The summed E-state index contributed by atoms with van der Waals surface area (Å²) in [6.45, 7) is 8.74. The molecule has 2 aromatic carbocycles. The highest BCUT2D eigenvalue weighted by Gasteiger charge is 2.18. The molecule has 0 heterocycles. The quantitative estimate of drug-likeness (QED) is 0.722. The minimum absolute atomic E-state index is 0.897. The van der Waals surface area contributed by atoms with E-state index in [4.69, 9.17) is 4.99 Å². The first-order valence-corrected chi connectivity index (χ1v) is 9.26. The Bertz CT molecular complexity index is 649. The maximum absolute atomic E-state index is 5.06. The lowest BCUT2D eigenvalue weighted by atomic mass is 9.98. The normalized spacial score (nSPS) is 13.4. The Morgan fingerprint density at radius 3 is 1.92 bits per heavy atom. The van der Waals surface area contributed by atoms with Gasteiger partial charge in [0.15, 0.2) is 0 Å². The molecule has 2 nitrogen and oxygen atoms in total. The molecule has 0 spiro atoms. The lowest BCUT2D eigenvalue weighted by molar-refractivity contribution is 0.302. The molecule has 0 saturated carbocycles. The molecule has 0 fully saturated rings. The van der Waals surface area contributed by atoms with Gasteiger partial charge in [0.25, 0.3) is 0 Å². The van der Waals surface area contributed by atoms with E-state index in [1.54, 1.807) is 0 Å². The Labute approximate surface area is 146 Å². The van der Waals surface area contributed by atoms with Crippen LogP contribution >= 0.6 is 0 Å². The van der Waals surface area contributed by atoms with Crippen molar-refractivity contribution in [2.45, 2.75) is 33.1 Å². The van der Waals surface area contributed by atoms with E-state index in [0.29, 0.717) is 0 Å². The van der Waals surface area contributed by atoms with Crippen LogP contribution < -0.4 is 0 Å². The van der Waals surface area contributed by atoms with E-state index in [2.05, 4.69) is 67.3 Å². The van der Waals surface area contributed by atoms with Crippen LogP contribution in [0, 0.1) is 0 Å². The summed E-state index contributed by atoms with van der Waals surface area (Å²) >= 11 is 0. The fourth-order valence-corrected chi connectivity index (χ4v) is 3.55. The van der Waals surface area contributed by atoms with Crippen LogP contribution in [0.25, 0.3) is 0 Å². The average molecular weight is 320 g/mol. The van der Waals surface area contributed by atoms with Crippen LogP contribution in [0.3, 0.4) is 0 Å². The predicted molar refractivity (Wildman–Crippen MR) is 103 cm³/mol. The van der Waals surface area contributed by atoms with Crippen LogP contribution in [0.4, 0.5) is 0 Å². The molecule has 0 saturated heterocycles. The number of hydrogen-bond donors (Lipinski definition) is 0. The summed E-state index contributed by atoms with van der Waals surface area (Å²) in [5.41, 5.74) is 6.70. The average Bonchev–Trinajstić information content (AvgIpc) is 2.79. The van der Waals surface area contributed by atoms with Gasteiger partial charge in [-0.2, -0.15) is 0 Å². The van der Waals surface area contributed by atoms with Crippen molar-refractivity contribution in [2.24, 2.45) is 4.99 Å². The minimum atomic E-state index is 0.897. The molecule has 0 radical (unpaired) electrons. The Balaban J connectivity index is 1.86. The highest BCUT2D eigenvalue weighted by molar-refractivity contribution is 6.15. The smallest absolute Gasteiger partial charge is 0.0724 e. The second-order valence-electron chi connectivity index (χ2n) is 6.43. The topological polar surface area (TPSA) is 15.6 Å². The van der Waals surface area contributed by atoms with Crippen LogP contribution in [0.2, 0.25) is 0 Å². The lowest BCUT2D eigenvalue weighted by Crippen LogP contribution is -2.24. The summed E-state index contributed by atoms with van der Waals surface area (Å²) in [7, 11) is 0.